The smallest absolute Gasteiger partial charge is 0.309 e. The number of aldehydes is 1. The van der Waals surface area contributed by atoms with Crippen LogP contribution in [0.1, 0.15) is 49.6 Å². The summed E-state index contributed by atoms with van der Waals surface area (Å²) in [6.45, 7) is 4.91. The van der Waals surface area contributed by atoms with Crippen LogP contribution < -0.4 is 27.0 Å². The van der Waals surface area contributed by atoms with Crippen LogP contribution in [-0.2, 0) is 4.79 Å². The molecule has 0 bridgehead atoms. The second kappa shape index (κ2) is 16.1. The molecule has 2 fully saturated rings. The molecule has 5 rings (SSSR count). The average molecular weight is 629 g/mol. The van der Waals surface area contributed by atoms with Gasteiger partial charge in [0.15, 0.2) is 5.82 Å². The van der Waals surface area contributed by atoms with E-state index in [-0.39, 0.29) is 6.04 Å². The minimum atomic E-state index is -0.833. The molecule has 10 nitrogen and oxygen atoms in total. The molecule has 2 aromatic carbocycles. The van der Waals surface area contributed by atoms with Crippen LogP contribution in [-0.4, -0.2) is 60.2 Å². The zero-order chi connectivity index (χ0) is 31.5. The number of aliphatic hydroxyl groups is 1. The number of carbonyl (C=O) groups excluding carboxylic acids is 2. The number of nitrogens with two attached hydrogens (primary N) is 3. The summed E-state index contributed by atoms with van der Waals surface area (Å²) < 4.78 is 0. The van der Waals surface area contributed by atoms with Gasteiger partial charge in [0.25, 0.3) is 0 Å². The van der Waals surface area contributed by atoms with Crippen LogP contribution in [0.15, 0.2) is 54.6 Å². The molecule has 0 spiro atoms. The lowest BCUT2D eigenvalue weighted by Crippen LogP contribution is -2.35. The number of urea groups is 1. The third-order valence-electron chi connectivity index (χ3n) is 7.35. The Hall–Kier alpha value is -3.86. The molecule has 1 atom stereocenters. The summed E-state index contributed by atoms with van der Waals surface area (Å²) >= 11 is 12.8. The Bertz CT molecular complexity index is 1410. The van der Waals surface area contributed by atoms with Gasteiger partial charge in [-0.1, -0.05) is 60.5 Å². The van der Waals surface area contributed by atoms with Crippen molar-refractivity contribution in [3.8, 4) is 0 Å². The number of piperidine rings is 1. The van der Waals surface area contributed by atoms with Gasteiger partial charge in [0.05, 0.1) is 17.3 Å². The molecule has 43 heavy (non-hydrogen) atoms. The number of nitrogens with zero attached hydrogens (tertiary/aromatic N) is 4. The van der Waals surface area contributed by atoms with Gasteiger partial charge >= 0.3 is 6.03 Å². The molecule has 3 aromatic rings. The van der Waals surface area contributed by atoms with Crippen LogP contribution in [0.3, 0.4) is 0 Å². The lowest BCUT2D eigenvalue weighted by Gasteiger charge is -2.32. The van der Waals surface area contributed by atoms with Crippen LogP contribution in [0, 0.1) is 5.92 Å². The third kappa shape index (κ3) is 8.82. The first-order valence-electron chi connectivity index (χ1n) is 14.0. The number of rotatable bonds is 6. The van der Waals surface area contributed by atoms with Crippen LogP contribution in [0.2, 0.25) is 10.0 Å². The number of halogens is 2. The molecule has 1 aromatic heterocycles. The van der Waals surface area contributed by atoms with Crippen molar-refractivity contribution < 1.29 is 14.7 Å². The van der Waals surface area contributed by atoms with Crippen molar-refractivity contribution in [2.75, 3.05) is 36.5 Å². The van der Waals surface area contributed by atoms with Gasteiger partial charge in [-0.15, -0.1) is 0 Å². The minimum absolute atomic E-state index is 0.194. The first-order chi connectivity index (χ1) is 20.7. The Morgan fingerprint density at radius 3 is 2.14 bits per heavy atom. The maximum absolute atomic E-state index is 11.9. The number of amides is 2. The predicted molar refractivity (Wildman–Crippen MR) is 174 cm³/mol. The Morgan fingerprint density at radius 2 is 1.53 bits per heavy atom. The van der Waals surface area contributed by atoms with Crippen molar-refractivity contribution in [2.45, 2.75) is 38.6 Å². The van der Waals surface area contributed by atoms with E-state index in [4.69, 9.17) is 48.8 Å². The second-order valence-electron chi connectivity index (χ2n) is 10.3. The third-order valence-corrected chi connectivity index (χ3v) is 7.93. The highest BCUT2D eigenvalue weighted by molar-refractivity contribution is 6.32. The highest BCUT2D eigenvalue weighted by Gasteiger charge is 2.28. The van der Waals surface area contributed by atoms with Gasteiger partial charge in [0, 0.05) is 48.4 Å². The number of hydrogen-bond acceptors (Lipinski definition) is 8. The van der Waals surface area contributed by atoms with E-state index >= 15 is 0 Å². The van der Waals surface area contributed by atoms with E-state index in [2.05, 4.69) is 28.2 Å². The van der Waals surface area contributed by atoms with E-state index < -0.39 is 6.03 Å². The van der Waals surface area contributed by atoms with E-state index in [0.717, 1.165) is 75.9 Å². The molecule has 2 aliphatic heterocycles. The Morgan fingerprint density at radius 1 is 0.930 bits per heavy atom. The Labute approximate surface area is 262 Å². The largest absolute Gasteiger partial charge is 0.400 e. The fourth-order valence-electron chi connectivity index (χ4n) is 5.13. The van der Waals surface area contributed by atoms with E-state index in [1.165, 1.54) is 0 Å². The fraction of sp³-hybridized carbons (Fsp3) is 0.355. The maximum Gasteiger partial charge on any atom is 0.309 e. The highest BCUT2D eigenvalue weighted by Crippen LogP contribution is 2.35. The fourth-order valence-corrected chi connectivity index (χ4v) is 5.50. The zero-order valence-corrected chi connectivity index (χ0v) is 25.9. The van der Waals surface area contributed by atoms with Crippen LogP contribution >= 0.6 is 23.2 Å². The molecular formula is C31H39Cl2N7O3. The summed E-state index contributed by atoms with van der Waals surface area (Å²) in [7, 11) is 1.00. The maximum atomic E-state index is 11.9. The molecule has 0 aliphatic carbocycles. The molecule has 230 valence electrons. The van der Waals surface area contributed by atoms with E-state index in [1.807, 2.05) is 54.6 Å². The van der Waals surface area contributed by atoms with Gasteiger partial charge in [0.1, 0.15) is 17.9 Å². The monoisotopic (exact) mass is 627 g/mol. The zero-order valence-electron chi connectivity index (χ0n) is 24.4. The number of carbonyl (C=O) groups is 2. The number of anilines is 2. The van der Waals surface area contributed by atoms with E-state index in [0.29, 0.717) is 38.6 Å². The summed E-state index contributed by atoms with van der Waals surface area (Å²) in [5.41, 5.74) is 18.1. The summed E-state index contributed by atoms with van der Waals surface area (Å²) in [4.78, 5) is 35.3. The minimum Gasteiger partial charge on any atom is -0.400 e. The van der Waals surface area contributed by atoms with Crippen molar-refractivity contribution >= 4 is 58.4 Å². The van der Waals surface area contributed by atoms with E-state index in [1.54, 1.807) is 0 Å². The van der Waals surface area contributed by atoms with Crippen LogP contribution in [0.25, 0.3) is 11.3 Å². The molecule has 12 heteroatoms. The standard InChI is InChI=1S/C29H31Cl2N5O.CH4N2O.CH4O/c1-19-12-15-35(16-13-19)25-17-26(36-14-4-5-22(36)18-37)34-29(33-25)27(20-8-10-21(30)11-9-20)28(32)23-6-2-3-7-24(23)31;2-1(3)4;1-2/h2-3,6-11,17-19,22H,4-5,12-16,32H2,1H3;(H4,2,3,4);2H,1H3/b28-27-;;. The van der Waals surface area contributed by atoms with Crippen molar-refractivity contribution in [3.05, 3.63) is 81.6 Å². The molecule has 2 saturated heterocycles. The van der Waals surface area contributed by atoms with Gasteiger partial charge in [-0.2, -0.15) is 0 Å². The van der Waals surface area contributed by atoms with Crippen LogP contribution in [0.5, 0.6) is 0 Å². The second-order valence-corrected chi connectivity index (χ2v) is 11.1. The number of benzene rings is 2. The average Bonchev–Trinajstić information content (AvgIpc) is 3.49. The molecule has 2 amide bonds. The van der Waals surface area contributed by atoms with Crippen molar-refractivity contribution in [1.82, 2.24) is 9.97 Å². The first-order valence-corrected chi connectivity index (χ1v) is 14.8. The summed E-state index contributed by atoms with van der Waals surface area (Å²) in [5.74, 6) is 2.78. The first kappa shape index (κ1) is 33.6. The van der Waals surface area contributed by atoms with Crippen LogP contribution in [0.4, 0.5) is 16.4 Å². The highest BCUT2D eigenvalue weighted by atomic mass is 35.5. The van der Waals surface area contributed by atoms with Gasteiger partial charge in [-0.05, 0) is 55.4 Å². The summed E-state index contributed by atoms with van der Waals surface area (Å²) in [6.07, 6.45) is 5.00. The lowest BCUT2D eigenvalue weighted by molar-refractivity contribution is -0.108. The number of primary amides is 2. The van der Waals surface area contributed by atoms with Crippen molar-refractivity contribution in [3.63, 3.8) is 0 Å². The molecule has 1 unspecified atom stereocenters. The number of hydrogen-bond donors (Lipinski definition) is 4. The predicted octanol–water partition coefficient (Wildman–Crippen LogP) is 4.70. The lowest BCUT2D eigenvalue weighted by atomic mass is 9.98. The molecule has 0 radical (unpaired) electrons. The SMILES string of the molecule is CC1CCN(c2cc(N3CCCC3C=O)nc(/C(=C(\N)c3ccccc3Cl)c3ccc(Cl)cc3)n2)CC1.CO.NC(N)=O. The normalized spacial score (nSPS) is 17.2. The molecular weight excluding hydrogens is 589 g/mol. The Kier molecular flexibility index (Phi) is 12.6. The quantitative estimate of drug-likeness (QED) is 0.225. The topological polar surface area (TPSA) is 165 Å². The van der Waals surface area contributed by atoms with Gasteiger partial charge < -0.3 is 36.9 Å². The molecule has 3 heterocycles. The van der Waals surface area contributed by atoms with Gasteiger partial charge in [0.2, 0.25) is 0 Å². The molecule has 0 saturated carbocycles. The van der Waals surface area contributed by atoms with Crippen molar-refractivity contribution in [2.24, 2.45) is 23.1 Å². The summed E-state index contributed by atoms with van der Waals surface area (Å²) in [5, 5.41) is 8.18. The van der Waals surface area contributed by atoms with Crippen molar-refractivity contribution in [1.29, 1.82) is 0 Å². The summed E-state index contributed by atoms with van der Waals surface area (Å²) in [6, 6.07) is 16.0. The molecule has 2 aliphatic rings. The number of aromatic nitrogens is 2. The number of aliphatic hydroxyl groups excluding tert-OH is 1. The van der Waals surface area contributed by atoms with Gasteiger partial charge in [-0.3, -0.25) is 0 Å². The van der Waals surface area contributed by atoms with Gasteiger partial charge in [-0.25, -0.2) is 14.8 Å². The molecule has 7 N–H and O–H groups in total. The Balaban J connectivity index is 0.000000780. The van der Waals surface area contributed by atoms with E-state index in [9.17, 15) is 4.79 Å².